The maximum absolute atomic E-state index is 13.1. The lowest BCUT2D eigenvalue weighted by molar-refractivity contribution is 0.0514. The third-order valence-electron chi connectivity index (χ3n) is 3.55. The maximum Gasteiger partial charge on any atom is 0.360 e. The molecule has 0 amide bonds. The summed E-state index contributed by atoms with van der Waals surface area (Å²) in [5.41, 5.74) is 0.0610. The van der Waals surface area contributed by atoms with E-state index in [-0.39, 0.29) is 28.3 Å². The Morgan fingerprint density at radius 2 is 1.85 bits per heavy atom. The number of carbonyl (C=O) groups excluding carboxylic acids is 1. The molecule has 9 heteroatoms. The molecule has 0 aliphatic carbocycles. The molecule has 0 unspecified atom stereocenters. The van der Waals surface area contributed by atoms with Crippen molar-refractivity contribution in [3.63, 3.8) is 0 Å². The quantitative estimate of drug-likeness (QED) is 0.579. The Morgan fingerprint density at radius 3 is 2.41 bits per heavy atom. The minimum Gasteiger partial charge on any atom is -0.461 e. The van der Waals surface area contributed by atoms with Crippen molar-refractivity contribution in [2.45, 2.75) is 38.8 Å². The number of hydrogen-bond acceptors (Lipinski definition) is 7. The van der Waals surface area contributed by atoms with Crippen LogP contribution in [0.1, 0.15) is 45.1 Å². The Morgan fingerprint density at radius 1 is 1.22 bits per heavy atom. The second-order valence-electron chi connectivity index (χ2n) is 7.03. The summed E-state index contributed by atoms with van der Waals surface area (Å²) in [5, 5.41) is 3.69. The van der Waals surface area contributed by atoms with E-state index in [4.69, 9.17) is 9.26 Å². The molecule has 0 radical (unpaired) electrons. The van der Waals surface area contributed by atoms with Crippen LogP contribution < -0.4 is 0 Å². The molecule has 0 aliphatic heterocycles. The maximum atomic E-state index is 13.1. The molecule has 150 valence electrons. The monoisotopic (exact) mass is 414 g/mol. The molecule has 7 nitrogen and oxygen atoms in total. The number of ether oxygens (including phenoxy) is 1. The normalized spacial score (nSPS) is 12.3. The molecule has 0 fully saturated rings. The molecule has 0 N–H and O–H groups in total. The number of nitrogens with zero attached hydrogens (tertiary/aromatic N) is 2. The van der Waals surface area contributed by atoms with Gasteiger partial charge in [-0.15, -0.1) is 11.3 Å². The summed E-state index contributed by atoms with van der Waals surface area (Å²) in [6.07, 6.45) is 0. The fourth-order valence-corrected chi connectivity index (χ4v) is 5.67. The van der Waals surface area contributed by atoms with Gasteiger partial charge in [-0.3, -0.25) is 0 Å². The summed E-state index contributed by atoms with van der Waals surface area (Å²) in [6, 6.07) is 4.69. The van der Waals surface area contributed by atoms with Crippen LogP contribution in [-0.2, 0) is 14.8 Å². The number of esters is 1. The van der Waals surface area contributed by atoms with Gasteiger partial charge in [-0.2, -0.15) is 4.31 Å². The standard InChI is InChI=1S/C18H26N2O5S2/c1-6-24-18(21)14-9-15(25-19-14)16-7-8-17(26-16)27(22,23)20(10-12(2)3)11-13(4)5/h7-9,12-13H,6,10-11H2,1-5H3. The van der Waals surface area contributed by atoms with E-state index in [1.54, 1.807) is 19.1 Å². The number of hydrogen-bond donors (Lipinski definition) is 0. The molecule has 0 aromatic carbocycles. The highest BCUT2D eigenvalue weighted by Crippen LogP contribution is 2.33. The lowest BCUT2D eigenvalue weighted by Gasteiger charge is -2.24. The zero-order valence-corrected chi connectivity index (χ0v) is 17.9. The second-order valence-corrected chi connectivity index (χ2v) is 10.3. The van der Waals surface area contributed by atoms with Crippen LogP contribution in [-0.4, -0.2) is 43.5 Å². The molecule has 0 saturated carbocycles. The van der Waals surface area contributed by atoms with Crippen LogP contribution in [0.25, 0.3) is 10.6 Å². The van der Waals surface area contributed by atoms with Crippen LogP contribution >= 0.6 is 11.3 Å². The molecule has 27 heavy (non-hydrogen) atoms. The first-order valence-electron chi connectivity index (χ1n) is 8.89. The second kappa shape index (κ2) is 8.99. The number of rotatable bonds is 9. The first kappa shape index (κ1) is 21.6. The van der Waals surface area contributed by atoms with Crippen molar-refractivity contribution in [3.05, 3.63) is 23.9 Å². The van der Waals surface area contributed by atoms with E-state index in [2.05, 4.69) is 5.16 Å². The summed E-state index contributed by atoms with van der Waals surface area (Å²) in [5.74, 6) is 0.208. The molecular formula is C18H26N2O5S2. The Kier molecular flexibility index (Phi) is 7.19. The van der Waals surface area contributed by atoms with Crippen molar-refractivity contribution in [2.75, 3.05) is 19.7 Å². The topological polar surface area (TPSA) is 89.7 Å². The molecule has 2 aromatic rings. The molecule has 2 aromatic heterocycles. The third-order valence-corrected chi connectivity index (χ3v) is 6.95. The smallest absolute Gasteiger partial charge is 0.360 e. The predicted octanol–water partition coefficient (Wildman–Crippen LogP) is 3.88. The summed E-state index contributed by atoms with van der Waals surface area (Å²) in [7, 11) is -3.60. The van der Waals surface area contributed by atoms with Gasteiger partial charge in [0.25, 0.3) is 10.0 Å². The van der Waals surface area contributed by atoms with Crippen LogP contribution in [0.5, 0.6) is 0 Å². The summed E-state index contributed by atoms with van der Waals surface area (Å²) >= 11 is 1.10. The summed E-state index contributed by atoms with van der Waals surface area (Å²) in [4.78, 5) is 12.3. The van der Waals surface area contributed by atoms with Crippen LogP contribution in [0.2, 0.25) is 0 Å². The lowest BCUT2D eigenvalue weighted by Crippen LogP contribution is -2.36. The van der Waals surface area contributed by atoms with Gasteiger partial charge >= 0.3 is 5.97 Å². The van der Waals surface area contributed by atoms with Crippen molar-refractivity contribution in [2.24, 2.45) is 11.8 Å². The highest BCUT2D eigenvalue weighted by molar-refractivity contribution is 7.91. The minimum atomic E-state index is -3.60. The van der Waals surface area contributed by atoms with Gasteiger partial charge in [0, 0.05) is 19.2 Å². The van der Waals surface area contributed by atoms with Gasteiger partial charge in [-0.25, -0.2) is 13.2 Å². The Labute approximate surface area is 164 Å². The van der Waals surface area contributed by atoms with E-state index in [0.29, 0.717) is 23.7 Å². The molecule has 2 heterocycles. The predicted molar refractivity (Wildman–Crippen MR) is 104 cm³/mol. The first-order valence-corrected chi connectivity index (χ1v) is 11.1. The number of aromatic nitrogens is 1. The van der Waals surface area contributed by atoms with E-state index < -0.39 is 16.0 Å². The van der Waals surface area contributed by atoms with Gasteiger partial charge in [0.2, 0.25) is 0 Å². The van der Waals surface area contributed by atoms with E-state index in [1.165, 1.54) is 10.4 Å². The van der Waals surface area contributed by atoms with Crippen molar-refractivity contribution >= 4 is 27.3 Å². The molecule has 0 saturated heterocycles. The molecule has 2 rings (SSSR count). The van der Waals surface area contributed by atoms with Crippen molar-refractivity contribution in [1.29, 1.82) is 0 Å². The largest absolute Gasteiger partial charge is 0.461 e. The van der Waals surface area contributed by atoms with Crippen LogP contribution in [0.4, 0.5) is 0 Å². The number of carbonyl (C=O) groups is 1. The third kappa shape index (κ3) is 5.40. The fraction of sp³-hybridized carbons (Fsp3) is 0.556. The van der Waals surface area contributed by atoms with Gasteiger partial charge in [0.15, 0.2) is 11.5 Å². The minimum absolute atomic E-state index is 0.0610. The van der Waals surface area contributed by atoms with E-state index in [0.717, 1.165) is 11.3 Å². The van der Waals surface area contributed by atoms with Crippen molar-refractivity contribution in [1.82, 2.24) is 9.46 Å². The molecule has 0 atom stereocenters. The highest BCUT2D eigenvalue weighted by Gasteiger charge is 2.28. The van der Waals surface area contributed by atoms with Gasteiger partial charge in [0.1, 0.15) is 4.21 Å². The molecule has 0 aliphatic rings. The van der Waals surface area contributed by atoms with Crippen molar-refractivity contribution < 1.29 is 22.5 Å². The average molecular weight is 415 g/mol. The van der Waals surface area contributed by atoms with Gasteiger partial charge in [-0.1, -0.05) is 32.9 Å². The fourth-order valence-electron chi connectivity index (χ4n) is 2.50. The Bertz CT molecular complexity index is 858. The van der Waals surface area contributed by atoms with Crippen LogP contribution in [0, 0.1) is 11.8 Å². The Balaban J connectivity index is 2.28. The Hall–Kier alpha value is -1.71. The van der Waals surface area contributed by atoms with Crippen molar-refractivity contribution in [3.8, 4) is 10.6 Å². The first-order chi connectivity index (χ1) is 12.6. The van der Waals surface area contributed by atoms with E-state index >= 15 is 0 Å². The summed E-state index contributed by atoms with van der Waals surface area (Å²) < 4.78 is 38.0. The SMILES string of the molecule is CCOC(=O)c1cc(-c2ccc(S(=O)(=O)N(CC(C)C)CC(C)C)s2)on1. The van der Waals surface area contributed by atoms with Gasteiger partial charge in [0.05, 0.1) is 11.5 Å². The van der Waals surface area contributed by atoms with Crippen LogP contribution in [0.3, 0.4) is 0 Å². The zero-order valence-electron chi connectivity index (χ0n) is 16.3. The lowest BCUT2D eigenvalue weighted by atomic mass is 10.2. The highest BCUT2D eigenvalue weighted by atomic mass is 32.2. The summed E-state index contributed by atoms with van der Waals surface area (Å²) in [6.45, 7) is 10.8. The van der Waals surface area contributed by atoms with Gasteiger partial charge in [-0.05, 0) is 30.9 Å². The number of thiophene rings is 1. The van der Waals surface area contributed by atoms with E-state index in [9.17, 15) is 13.2 Å². The molecular weight excluding hydrogens is 388 g/mol. The number of sulfonamides is 1. The van der Waals surface area contributed by atoms with Crippen LogP contribution in [0.15, 0.2) is 26.9 Å². The zero-order chi connectivity index (χ0) is 20.2. The average Bonchev–Trinajstić information content (AvgIpc) is 3.23. The molecule has 0 spiro atoms. The van der Waals surface area contributed by atoms with Gasteiger partial charge < -0.3 is 9.26 Å². The van der Waals surface area contributed by atoms with E-state index in [1.807, 2.05) is 27.7 Å². The molecule has 0 bridgehead atoms.